The van der Waals surface area contributed by atoms with Gasteiger partial charge < -0.3 is 15.4 Å². The minimum atomic E-state index is -3.55. The van der Waals surface area contributed by atoms with Crippen LogP contribution in [0, 0.1) is 13.8 Å². The van der Waals surface area contributed by atoms with Crippen molar-refractivity contribution in [2.75, 3.05) is 26.7 Å². The van der Waals surface area contributed by atoms with Crippen LogP contribution >= 0.6 is 0 Å². The standard InChI is InChI=1S/C21H30N4O3S/c1-5-28-19-9-7-6-8-18(19)15-24-21(22-4)23-12-13-25-29(26,27)20-14-16(2)10-11-17(20)3/h6-11,14,25H,5,12-13,15H2,1-4H3,(H2,22,23,24). The number of guanidine groups is 1. The molecule has 0 spiro atoms. The molecule has 2 rings (SSSR count). The van der Waals surface area contributed by atoms with Gasteiger partial charge in [0.15, 0.2) is 5.96 Å². The van der Waals surface area contributed by atoms with Crippen LogP contribution in [-0.4, -0.2) is 41.1 Å². The molecule has 0 aliphatic heterocycles. The monoisotopic (exact) mass is 418 g/mol. The molecule has 0 unspecified atom stereocenters. The summed E-state index contributed by atoms with van der Waals surface area (Å²) in [6.07, 6.45) is 0. The van der Waals surface area contributed by atoms with Crippen molar-refractivity contribution in [3.05, 3.63) is 59.2 Å². The Kier molecular flexibility index (Phi) is 8.48. The van der Waals surface area contributed by atoms with Crippen LogP contribution in [0.25, 0.3) is 0 Å². The van der Waals surface area contributed by atoms with Crippen molar-refractivity contribution in [1.82, 2.24) is 15.4 Å². The Morgan fingerprint density at radius 1 is 1.07 bits per heavy atom. The smallest absolute Gasteiger partial charge is 0.240 e. The lowest BCUT2D eigenvalue weighted by atomic mass is 10.2. The van der Waals surface area contributed by atoms with Crippen molar-refractivity contribution in [3.63, 3.8) is 0 Å². The summed E-state index contributed by atoms with van der Waals surface area (Å²) < 4.78 is 33.3. The van der Waals surface area contributed by atoms with Gasteiger partial charge >= 0.3 is 0 Å². The summed E-state index contributed by atoms with van der Waals surface area (Å²) in [7, 11) is -1.88. The number of nitrogens with one attached hydrogen (secondary N) is 3. The maximum absolute atomic E-state index is 12.5. The van der Waals surface area contributed by atoms with Crippen molar-refractivity contribution in [2.24, 2.45) is 4.99 Å². The fourth-order valence-corrected chi connectivity index (χ4v) is 4.15. The summed E-state index contributed by atoms with van der Waals surface area (Å²) in [6.45, 7) is 7.40. The van der Waals surface area contributed by atoms with Gasteiger partial charge in [0, 0.05) is 32.2 Å². The van der Waals surface area contributed by atoms with E-state index in [1.165, 1.54) is 0 Å². The molecule has 2 aromatic rings. The van der Waals surface area contributed by atoms with Crippen LogP contribution in [0.3, 0.4) is 0 Å². The molecule has 0 saturated carbocycles. The molecule has 0 heterocycles. The summed E-state index contributed by atoms with van der Waals surface area (Å²) in [5, 5.41) is 6.32. The van der Waals surface area contributed by atoms with Gasteiger partial charge in [-0.15, -0.1) is 0 Å². The molecule has 7 nitrogen and oxygen atoms in total. The SMILES string of the molecule is CCOc1ccccc1CNC(=NC)NCCNS(=O)(=O)c1cc(C)ccc1C. The van der Waals surface area contributed by atoms with Gasteiger partial charge in [-0.3, -0.25) is 4.99 Å². The maximum Gasteiger partial charge on any atom is 0.240 e. The number of rotatable bonds is 9. The summed E-state index contributed by atoms with van der Waals surface area (Å²) in [5.74, 6) is 1.42. The molecular weight excluding hydrogens is 388 g/mol. The number of ether oxygens (including phenoxy) is 1. The Morgan fingerprint density at radius 2 is 1.83 bits per heavy atom. The minimum absolute atomic E-state index is 0.242. The van der Waals surface area contributed by atoms with Gasteiger partial charge in [-0.1, -0.05) is 30.3 Å². The molecular formula is C21H30N4O3S. The molecule has 0 aromatic heterocycles. The van der Waals surface area contributed by atoms with Crippen LogP contribution in [0.1, 0.15) is 23.6 Å². The largest absolute Gasteiger partial charge is 0.494 e. The third-order valence-electron chi connectivity index (χ3n) is 4.29. The lowest BCUT2D eigenvalue weighted by Gasteiger charge is -2.15. The van der Waals surface area contributed by atoms with Crippen LogP contribution in [0.5, 0.6) is 5.75 Å². The second-order valence-corrected chi connectivity index (χ2v) is 8.30. The molecule has 0 bridgehead atoms. The first-order valence-electron chi connectivity index (χ1n) is 9.59. The predicted molar refractivity (Wildman–Crippen MR) is 117 cm³/mol. The number of sulfonamides is 1. The van der Waals surface area contributed by atoms with Crippen LogP contribution in [0.2, 0.25) is 0 Å². The quantitative estimate of drug-likeness (QED) is 0.330. The minimum Gasteiger partial charge on any atom is -0.494 e. The lowest BCUT2D eigenvalue weighted by Crippen LogP contribution is -2.41. The average molecular weight is 419 g/mol. The van der Waals surface area contributed by atoms with E-state index < -0.39 is 10.0 Å². The van der Waals surface area contributed by atoms with Crippen molar-refractivity contribution in [2.45, 2.75) is 32.2 Å². The van der Waals surface area contributed by atoms with Crippen LogP contribution < -0.4 is 20.1 Å². The van der Waals surface area contributed by atoms with Gasteiger partial charge in [-0.05, 0) is 44.0 Å². The highest BCUT2D eigenvalue weighted by Crippen LogP contribution is 2.17. The third-order valence-corrected chi connectivity index (χ3v) is 5.89. The summed E-state index contributed by atoms with van der Waals surface area (Å²) in [4.78, 5) is 4.49. The molecule has 2 aromatic carbocycles. The molecule has 29 heavy (non-hydrogen) atoms. The van der Waals surface area contributed by atoms with E-state index in [1.807, 2.05) is 50.2 Å². The fourth-order valence-electron chi connectivity index (χ4n) is 2.79. The molecule has 0 fully saturated rings. The molecule has 0 aliphatic rings. The first-order chi connectivity index (χ1) is 13.9. The molecule has 0 atom stereocenters. The molecule has 0 radical (unpaired) electrons. The van der Waals surface area contributed by atoms with E-state index >= 15 is 0 Å². The van der Waals surface area contributed by atoms with E-state index in [1.54, 1.807) is 20.0 Å². The van der Waals surface area contributed by atoms with E-state index in [0.29, 0.717) is 30.6 Å². The Bertz CT molecular complexity index is 943. The highest BCUT2D eigenvalue weighted by Gasteiger charge is 2.16. The highest BCUT2D eigenvalue weighted by molar-refractivity contribution is 7.89. The number of nitrogens with zero attached hydrogens (tertiary/aromatic N) is 1. The zero-order valence-electron chi connectivity index (χ0n) is 17.5. The Balaban J connectivity index is 1.85. The number of aliphatic imine (C=N–C) groups is 1. The second-order valence-electron chi connectivity index (χ2n) is 6.56. The van der Waals surface area contributed by atoms with Crippen molar-refractivity contribution in [1.29, 1.82) is 0 Å². The highest BCUT2D eigenvalue weighted by atomic mass is 32.2. The van der Waals surface area contributed by atoms with Crippen molar-refractivity contribution < 1.29 is 13.2 Å². The number of benzene rings is 2. The van der Waals surface area contributed by atoms with Gasteiger partial charge in [-0.25, -0.2) is 13.1 Å². The zero-order valence-corrected chi connectivity index (χ0v) is 18.3. The summed E-state index contributed by atoms with van der Waals surface area (Å²) in [5.41, 5.74) is 2.65. The number of hydrogen-bond acceptors (Lipinski definition) is 4. The number of hydrogen-bond donors (Lipinski definition) is 3. The van der Waals surface area contributed by atoms with Crippen LogP contribution in [0.4, 0.5) is 0 Å². The molecule has 0 aliphatic carbocycles. The third kappa shape index (κ3) is 6.76. The molecule has 0 saturated heterocycles. The Morgan fingerprint density at radius 3 is 2.55 bits per heavy atom. The average Bonchev–Trinajstić information content (AvgIpc) is 2.70. The maximum atomic E-state index is 12.5. The van der Waals surface area contributed by atoms with Gasteiger partial charge in [0.1, 0.15) is 5.75 Å². The van der Waals surface area contributed by atoms with Gasteiger partial charge in [-0.2, -0.15) is 0 Å². The predicted octanol–water partition coefficient (Wildman–Crippen LogP) is 2.35. The number of para-hydroxylation sites is 1. The van der Waals surface area contributed by atoms with Crippen LogP contribution in [-0.2, 0) is 16.6 Å². The summed E-state index contributed by atoms with van der Waals surface area (Å²) >= 11 is 0. The van der Waals surface area contributed by atoms with Crippen LogP contribution in [0.15, 0.2) is 52.4 Å². The van der Waals surface area contributed by atoms with Gasteiger partial charge in [0.25, 0.3) is 0 Å². The molecule has 158 valence electrons. The molecule has 8 heteroatoms. The molecule has 3 N–H and O–H groups in total. The molecule has 0 amide bonds. The Labute approximate surface area is 173 Å². The van der Waals surface area contributed by atoms with Crippen molar-refractivity contribution >= 4 is 16.0 Å². The van der Waals surface area contributed by atoms with E-state index in [-0.39, 0.29) is 6.54 Å². The normalized spacial score (nSPS) is 11.9. The topological polar surface area (TPSA) is 91.8 Å². The van der Waals surface area contributed by atoms with Gasteiger partial charge in [0.2, 0.25) is 10.0 Å². The summed E-state index contributed by atoms with van der Waals surface area (Å²) in [6, 6.07) is 13.2. The number of aryl methyl sites for hydroxylation is 2. The zero-order chi connectivity index (χ0) is 21.3. The first-order valence-corrected chi connectivity index (χ1v) is 11.1. The second kappa shape index (κ2) is 10.8. The van der Waals surface area contributed by atoms with Gasteiger partial charge in [0.05, 0.1) is 11.5 Å². The first kappa shape index (κ1) is 22.7. The Hall–Kier alpha value is -2.58. The van der Waals surface area contributed by atoms with E-state index in [4.69, 9.17) is 4.74 Å². The van der Waals surface area contributed by atoms with E-state index in [2.05, 4.69) is 20.3 Å². The van der Waals surface area contributed by atoms with E-state index in [0.717, 1.165) is 22.4 Å². The lowest BCUT2D eigenvalue weighted by molar-refractivity contribution is 0.336. The van der Waals surface area contributed by atoms with Crippen molar-refractivity contribution in [3.8, 4) is 5.75 Å². The fraction of sp³-hybridized carbons (Fsp3) is 0.381. The van der Waals surface area contributed by atoms with E-state index in [9.17, 15) is 8.42 Å².